The predicted octanol–water partition coefficient (Wildman–Crippen LogP) is 2.11. The van der Waals surface area contributed by atoms with Crippen LogP contribution >= 0.6 is 11.3 Å². The Bertz CT molecular complexity index is 783. The number of anilines is 1. The van der Waals surface area contributed by atoms with Gasteiger partial charge in [0, 0.05) is 36.3 Å². The van der Waals surface area contributed by atoms with Gasteiger partial charge in [-0.15, -0.1) is 11.3 Å². The zero-order valence-corrected chi connectivity index (χ0v) is 14.9. The molecule has 0 aliphatic carbocycles. The molecule has 1 aromatic heterocycles. The SMILES string of the molecule is CC[C@H](N)C(=O)N[C@H]1CCN(c2ccc(-c3nccs3)cc2C#N)C1. The van der Waals surface area contributed by atoms with Crippen molar-refractivity contribution in [2.24, 2.45) is 5.73 Å². The van der Waals surface area contributed by atoms with Gasteiger partial charge in [-0.05, 0) is 31.0 Å². The average Bonchev–Trinajstić information content (AvgIpc) is 3.32. The summed E-state index contributed by atoms with van der Waals surface area (Å²) < 4.78 is 0. The van der Waals surface area contributed by atoms with Gasteiger partial charge in [-0.1, -0.05) is 6.92 Å². The van der Waals surface area contributed by atoms with Gasteiger partial charge in [0.15, 0.2) is 0 Å². The number of nitriles is 1. The van der Waals surface area contributed by atoms with E-state index in [1.54, 1.807) is 17.5 Å². The van der Waals surface area contributed by atoms with Gasteiger partial charge in [-0.3, -0.25) is 4.79 Å². The Labute approximate surface area is 151 Å². The molecular weight excluding hydrogens is 334 g/mol. The number of amides is 1. The summed E-state index contributed by atoms with van der Waals surface area (Å²) in [7, 11) is 0. The molecule has 3 rings (SSSR count). The zero-order valence-electron chi connectivity index (χ0n) is 14.1. The Balaban J connectivity index is 1.72. The van der Waals surface area contributed by atoms with E-state index in [9.17, 15) is 10.1 Å². The van der Waals surface area contributed by atoms with Crippen LogP contribution in [-0.4, -0.2) is 36.1 Å². The van der Waals surface area contributed by atoms with Crippen molar-refractivity contribution in [3.05, 3.63) is 35.3 Å². The first-order valence-electron chi connectivity index (χ1n) is 8.37. The number of nitrogens with zero attached hydrogens (tertiary/aromatic N) is 3. The number of thiazole rings is 1. The summed E-state index contributed by atoms with van der Waals surface area (Å²) in [4.78, 5) is 18.4. The Kier molecular flexibility index (Phi) is 5.31. The van der Waals surface area contributed by atoms with Crippen LogP contribution in [0.15, 0.2) is 29.8 Å². The summed E-state index contributed by atoms with van der Waals surface area (Å²) >= 11 is 1.55. The fourth-order valence-corrected chi connectivity index (χ4v) is 3.63. The van der Waals surface area contributed by atoms with E-state index in [0.717, 1.165) is 29.2 Å². The molecule has 0 unspecified atom stereocenters. The molecule has 2 aromatic rings. The zero-order chi connectivity index (χ0) is 17.8. The Morgan fingerprint density at radius 2 is 2.44 bits per heavy atom. The lowest BCUT2D eigenvalue weighted by molar-refractivity contribution is -0.123. The lowest BCUT2D eigenvalue weighted by Gasteiger charge is -2.21. The van der Waals surface area contributed by atoms with E-state index in [-0.39, 0.29) is 11.9 Å². The highest BCUT2D eigenvalue weighted by molar-refractivity contribution is 7.13. The Morgan fingerprint density at radius 1 is 1.60 bits per heavy atom. The van der Waals surface area contributed by atoms with Crippen molar-refractivity contribution >= 4 is 22.9 Å². The highest BCUT2D eigenvalue weighted by Gasteiger charge is 2.27. The largest absolute Gasteiger partial charge is 0.368 e. The molecule has 130 valence electrons. The van der Waals surface area contributed by atoms with Crippen LogP contribution < -0.4 is 16.0 Å². The van der Waals surface area contributed by atoms with Crippen molar-refractivity contribution in [3.8, 4) is 16.6 Å². The van der Waals surface area contributed by atoms with Crippen molar-refractivity contribution in [1.29, 1.82) is 5.26 Å². The van der Waals surface area contributed by atoms with Crippen molar-refractivity contribution < 1.29 is 4.79 Å². The third kappa shape index (κ3) is 3.81. The topological polar surface area (TPSA) is 95.0 Å². The highest BCUT2D eigenvalue weighted by Crippen LogP contribution is 2.30. The van der Waals surface area contributed by atoms with E-state index in [2.05, 4.69) is 21.3 Å². The van der Waals surface area contributed by atoms with Gasteiger partial charge in [0.05, 0.1) is 17.3 Å². The molecule has 6 nitrogen and oxygen atoms in total. The van der Waals surface area contributed by atoms with Crippen LogP contribution in [0.1, 0.15) is 25.3 Å². The quantitative estimate of drug-likeness (QED) is 0.856. The molecule has 0 bridgehead atoms. The van der Waals surface area contributed by atoms with Crippen LogP contribution in [-0.2, 0) is 4.79 Å². The summed E-state index contributed by atoms with van der Waals surface area (Å²) in [5.41, 5.74) is 8.26. The molecule has 1 amide bonds. The van der Waals surface area contributed by atoms with Gasteiger partial charge in [0.1, 0.15) is 11.1 Å². The number of rotatable bonds is 5. The molecular formula is C18H21N5OS. The number of carbonyl (C=O) groups is 1. The molecule has 1 aliphatic heterocycles. The van der Waals surface area contributed by atoms with Gasteiger partial charge in [-0.2, -0.15) is 5.26 Å². The standard InChI is InChI=1S/C18H21N5OS/c1-2-15(20)17(24)22-14-5-7-23(11-14)16-4-3-12(9-13(16)10-19)18-21-6-8-25-18/h3-4,6,8-9,14-15H,2,5,7,11,20H2,1H3,(H,22,24)/t14-,15-/m0/s1. The smallest absolute Gasteiger partial charge is 0.237 e. The second-order valence-corrected chi connectivity index (χ2v) is 7.03. The maximum Gasteiger partial charge on any atom is 0.237 e. The molecule has 0 saturated carbocycles. The molecule has 1 fully saturated rings. The number of benzene rings is 1. The summed E-state index contributed by atoms with van der Waals surface area (Å²) in [5, 5.41) is 15.4. The monoisotopic (exact) mass is 355 g/mol. The minimum absolute atomic E-state index is 0.0651. The van der Waals surface area contributed by atoms with E-state index in [4.69, 9.17) is 5.73 Å². The second kappa shape index (κ2) is 7.64. The normalized spacial score (nSPS) is 18.0. The molecule has 1 aliphatic rings. The van der Waals surface area contributed by atoms with Crippen LogP contribution in [0.3, 0.4) is 0 Å². The summed E-state index contributed by atoms with van der Waals surface area (Å²) in [5.74, 6) is -0.103. The maximum absolute atomic E-state index is 12.0. The van der Waals surface area contributed by atoms with E-state index in [0.29, 0.717) is 18.5 Å². The molecule has 2 atom stereocenters. The maximum atomic E-state index is 12.0. The molecule has 7 heteroatoms. The molecule has 0 radical (unpaired) electrons. The van der Waals surface area contributed by atoms with Crippen LogP contribution in [0.25, 0.3) is 10.6 Å². The third-order valence-corrected chi connectivity index (χ3v) is 5.27. The molecule has 1 aromatic carbocycles. The Hall–Kier alpha value is -2.43. The number of aromatic nitrogens is 1. The molecule has 25 heavy (non-hydrogen) atoms. The molecule has 1 saturated heterocycles. The summed E-state index contributed by atoms with van der Waals surface area (Å²) in [6.45, 7) is 3.39. The van der Waals surface area contributed by atoms with Crippen molar-refractivity contribution in [2.75, 3.05) is 18.0 Å². The minimum Gasteiger partial charge on any atom is -0.368 e. The lowest BCUT2D eigenvalue weighted by atomic mass is 10.1. The molecule has 0 spiro atoms. The van der Waals surface area contributed by atoms with E-state index >= 15 is 0 Å². The fraction of sp³-hybridized carbons (Fsp3) is 0.389. The van der Waals surface area contributed by atoms with Crippen LogP contribution in [0.2, 0.25) is 0 Å². The highest BCUT2D eigenvalue weighted by atomic mass is 32.1. The first-order valence-corrected chi connectivity index (χ1v) is 9.25. The van der Waals surface area contributed by atoms with E-state index in [1.807, 2.05) is 30.5 Å². The number of carbonyl (C=O) groups excluding carboxylic acids is 1. The first kappa shape index (κ1) is 17.4. The van der Waals surface area contributed by atoms with Crippen LogP contribution in [0.4, 0.5) is 5.69 Å². The van der Waals surface area contributed by atoms with Crippen molar-refractivity contribution in [3.63, 3.8) is 0 Å². The molecule has 3 N–H and O–H groups in total. The predicted molar refractivity (Wildman–Crippen MR) is 99.3 cm³/mol. The third-order valence-electron chi connectivity index (χ3n) is 4.45. The van der Waals surface area contributed by atoms with Crippen molar-refractivity contribution in [2.45, 2.75) is 31.8 Å². The first-order chi connectivity index (χ1) is 12.1. The van der Waals surface area contributed by atoms with Gasteiger partial charge in [-0.25, -0.2) is 4.98 Å². The fourth-order valence-electron chi connectivity index (χ4n) is 2.99. The number of nitrogens with two attached hydrogens (primary N) is 1. The van der Waals surface area contributed by atoms with Crippen LogP contribution in [0.5, 0.6) is 0 Å². The van der Waals surface area contributed by atoms with Gasteiger partial charge in [0.25, 0.3) is 0 Å². The summed E-state index contributed by atoms with van der Waals surface area (Å²) in [6, 6.07) is 7.74. The number of hydrogen-bond acceptors (Lipinski definition) is 6. The Morgan fingerprint density at radius 3 is 3.12 bits per heavy atom. The summed E-state index contributed by atoms with van der Waals surface area (Å²) in [6.07, 6.45) is 3.23. The lowest BCUT2D eigenvalue weighted by Crippen LogP contribution is -2.46. The van der Waals surface area contributed by atoms with Crippen molar-refractivity contribution in [1.82, 2.24) is 10.3 Å². The van der Waals surface area contributed by atoms with Gasteiger partial charge < -0.3 is 16.0 Å². The van der Waals surface area contributed by atoms with Gasteiger partial charge in [0.2, 0.25) is 5.91 Å². The minimum atomic E-state index is -0.457. The van der Waals surface area contributed by atoms with E-state index in [1.165, 1.54) is 0 Å². The number of nitrogens with one attached hydrogen (secondary N) is 1. The number of hydrogen-bond donors (Lipinski definition) is 2. The van der Waals surface area contributed by atoms with Gasteiger partial charge >= 0.3 is 0 Å². The second-order valence-electron chi connectivity index (χ2n) is 6.14. The average molecular weight is 355 g/mol. The van der Waals surface area contributed by atoms with Crippen LogP contribution in [0, 0.1) is 11.3 Å². The van der Waals surface area contributed by atoms with E-state index < -0.39 is 6.04 Å². The molecule has 2 heterocycles.